The van der Waals surface area contributed by atoms with Crippen LogP contribution in [0.1, 0.15) is 38.2 Å². The van der Waals surface area contributed by atoms with Gasteiger partial charge in [-0.1, -0.05) is 18.7 Å². The number of hydrogen-bond acceptors (Lipinski definition) is 3. The van der Waals surface area contributed by atoms with Crippen molar-refractivity contribution >= 4 is 17.7 Å². The zero-order chi connectivity index (χ0) is 16.9. The maximum atomic E-state index is 13.8. The van der Waals surface area contributed by atoms with Gasteiger partial charge in [0.15, 0.2) is 0 Å². The SMILES string of the molecule is C=CC(=O)Nc1cnc(OC)c(/C=C/C2CCC(C)(F)CC2)c1. The summed E-state index contributed by atoms with van der Waals surface area (Å²) in [5.41, 5.74) is 0.330. The molecule has 1 aliphatic carbocycles. The lowest BCUT2D eigenvalue weighted by Gasteiger charge is -2.29. The highest BCUT2D eigenvalue weighted by molar-refractivity contribution is 5.98. The monoisotopic (exact) mass is 318 g/mol. The highest BCUT2D eigenvalue weighted by atomic mass is 19.1. The van der Waals surface area contributed by atoms with Crippen molar-refractivity contribution in [1.82, 2.24) is 4.98 Å². The number of nitrogens with zero attached hydrogens (tertiary/aromatic N) is 1. The molecule has 0 saturated heterocycles. The first-order chi connectivity index (χ1) is 10.9. The Hall–Kier alpha value is -2.17. The molecule has 1 aromatic rings. The van der Waals surface area contributed by atoms with E-state index in [-0.39, 0.29) is 5.91 Å². The predicted molar refractivity (Wildman–Crippen MR) is 90.1 cm³/mol. The first-order valence-electron chi connectivity index (χ1n) is 7.78. The quantitative estimate of drug-likeness (QED) is 0.830. The van der Waals surface area contributed by atoms with Crippen LogP contribution in [0.4, 0.5) is 10.1 Å². The van der Waals surface area contributed by atoms with E-state index in [1.807, 2.05) is 6.08 Å². The Morgan fingerprint density at radius 1 is 1.52 bits per heavy atom. The van der Waals surface area contributed by atoms with Crippen molar-refractivity contribution in [3.05, 3.63) is 36.6 Å². The number of amides is 1. The minimum absolute atomic E-state index is 0.290. The molecular weight excluding hydrogens is 295 g/mol. The summed E-state index contributed by atoms with van der Waals surface area (Å²) in [6.45, 7) is 5.09. The van der Waals surface area contributed by atoms with Crippen LogP contribution in [-0.4, -0.2) is 23.7 Å². The summed E-state index contributed by atoms with van der Waals surface area (Å²) in [5, 5.41) is 2.67. The molecule has 0 spiro atoms. The fourth-order valence-electron chi connectivity index (χ4n) is 2.70. The van der Waals surface area contributed by atoms with Crippen molar-refractivity contribution < 1.29 is 13.9 Å². The second-order valence-corrected chi connectivity index (χ2v) is 6.13. The number of carbonyl (C=O) groups excluding carboxylic acids is 1. The van der Waals surface area contributed by atoms with Crippen molar-refractivity contribution in [3.63, 3.8) is 0 Å². The predicted octanol–water partition coefficient (Wildman–Crippen LogP) is 4.15. The topological polar surface area (TPSA) is 51.2 Å². The number of ether oxygens (including phenoxy) is 1. The van der Waals surface area contributed by atoms with E-state index in [1.165, 1.54) is 12.3 Å². The fourth-order valence-corrected chi connectivity index (χ4v) is 2.70. The van der Waals surface area contributed by atoms with Crippen LogP contribution in [0.2, 0.25) is 0 Å². The number of pyridine rings is 1. The van der Waals surface area contributed by atoms with E-state index < -0.39 is 5.67 Å². The Balaban J connectivity index is 2.11. The number of rotatable bonds is 5. The average Bonchev–Trinajstić information content (AvgIpc) is 2.54. The van der Waals surface area contributed by atoms with Crippen molar-refractivity contribution in [2.75, 3.05) is 12.4 Å². The molecule has 1 heterocycles. The van der Waals surface area contributed by atoms with Gasteiger partial charge in [-0.05, 0) is 50.7 Å². The van der Waals surface area contributed by atoms with Crippen LogP contribution < -0.4 is 10.1 Å². The molecule has 0 bridgehead atoms. The maximum absolute atomic E-state index is 13.8. The van der Waals surface area contributed by atoms with Crippen molar-refractivity contribution in [2.45, 2.75) is 38.3 Å². The highest BCUT2D eigenvalue weighted by Crippen LogP contribution is 2.35. The number of allylic oxidation sites excluding steroid dienone is 1. The molecule has 1 aromatic heterocycles. The number of alkyl halides is 1. The van der Waals surface area contributed by atoms with Crippen molar-refractivity contribution in [1.29, 1.82) is 0 Å². The Bertz CT molecular complexity index is 601. The zero-order valence-corrected chi connectivity index (χ0v) is 13.6. The third-order valence-electron chi connectivity index (χ3n) is 4.15. The molecule has 0 atom stereocenters. The van der Waals surface area contributed by atoms with Gasteiger partial charge in [0.2, 0.25) is 11.8 Å². The van der Waals surface area contributed by atoms with E-state index in [0.29, 0.717) is 30.3 Å². The minimum atomic E-state index is -1.03. The summed E-state index contributed by atoms with van der Waals surface area (Å²) in [6, 6.07) is 1.80. The smallest absolute Gasteiger partial charge is 0.247 e. The molecular formula is C18H23FN2O2. The molecule has 0 radical (unpaired) electrons. The average molecular weight is 318 g/mol. The third kappa shape index (κ3) is 4.91. The van der Waals surface area contributed by atoms with Crippen LogP contribution >= 0.6 is 0 Å². The van der Waals surface area contributed by atoms with Crippen LogP contribution in [-0.2, 0) is 4.79 Å². The number of halogens is 1. The normalized spacial score (nSPS) is 24.4. The van der Waals surface area contributed by atoms with Crippen molar-refractivity contribution in [2.24, 2.45) is 5.92 Å². The van der Waals surface area contributed by atoms with E-state index in [4.69, 9.17) is 4.74 Å². The largest absolute Gasteiger partial charge is 0.481 e. The molecule has 1 amide bonds. The lowest BCUT2D eigenvalue weighted by Crippen LogP contribution is -2.25. The molecule has 0 unspecified atom stereocenters. The molecule has 1 fully saturated rings. The van der Waals surface area contributed by atoms with E-state index >= 15 is 0 Å². The number of carbonyl (C=O) groups is 1. The summed E-state index contributed by atoms with van der Waals surface area (Å²) in [7, 11) is 1.55. The molecule has 124 valence electrons. The summed E-state index contributed by atoms with van der Waals surface area (Å²) >= 11 is 0. The van der Waals surface area contributed by atoms with Crippen LogP contribution in [0.5, 0.6) is 5.88 Å². The summed E-state index contributed by atoms with van der Waals surface area (Å²) < 4.78 is 19.1. The maximum Gasteiger partial charge on any atom is 0.247 e. The van der Waals surface area contributed by atoms with Gasteiger partial charge in [0.05, 0.1) is 19.0 Å². The Morgan fingerprint density at radius 3 is 2.83 bits per heavy atom. The van der Waals surface area contributed by atoms with E-state index in [2.05, 4.69) is 23.0 Å². The lowest BCUT2D eigenvalue weighted by molar-refractivity contribution is -0.111. The number of nitrogens with one attached hydrogen (secondary N) is 1. The number of hydrogen-bond donors (Lipinski definition) is 1. The molecule has 23 heavy (non-hydrogen) atoms. The second kappa shape index (κ2) is 7.40. The Kier molecular flexibility index (Phi) is 5.53. The molecule has 1 saturated carbocycles. The van der Waals surface area contributed by atoms with Gasteiger partial charge in [-0.15, -0.1) is 0 Å². The number of anilines is 1. The summed E-state index contributed by atoms with van der Waals surface area (Å²) in [4.78, 5) is 15.6. The first-order valence-corrected chi connectivity index (χ1v) is 7.78. The van der Waals surface area contributed by atoms with Crippen LogP contribution in [0.15, 0.2) is 31.0 Å². The van der Waals surface area contributed by atoms with Gasteiger partial charge >= 0.3 is 0 Å². The van der Waals surface area contributed by atoms with Crippen LogP contribution in [0, 0.1) is 5.92 Å². The molecule has 1 N–H and O–H groups in total. The Labute approximate surface area is 136 Å². The standard InChI is InChI=1S/C18H23FN2O2/c1-4-16(22)21-15-11-14(17(23-3)20-12-15)6-5-13-7-9-18(2,19)10-8-13/h4-6,11-13H,1,7-10H2,2-3H3,(H,21,22)/b6-5+. The highest BCUT2D eigenvalue weighted by Gasteiger charge is 2.29. The second-order valence-electron chi connectivity index (χ2n) is 6.13. The van der Waals surface area contributed by atoms with Crippen molar-refractivity contribution in [3.8, 4) is 5.88 Å². The molecule has 5 heteroatoms. The van der Waals surface area contributed by atoms with Gasteiger partial charge in [-0.25, -0.2) is 9.37 Å². The molecule has 1 aliphatic rings. The van der Waals surface area contributed by atoms with Gasteiger partial charge in [0.1, 0.15) is 5.67 Å². The molecule has 0 aromatic carbocycles. The molecule has 0 aliphatic heterocycles. The van der Waals surface area contributed by atoms with Gasteiger partial charge in [-0.2, -0.15) is 0 Å². The van der Waals surface area contributed by atoms with E-state index in [9.17, 15) is 9.18 Å². The van der Waals surface area contributed by atoms with Gasteiger partial charge in [0, 0.05) is 5.56 Å². The van der Waals surface area contributed by atoms with E-state index in [0.717, 1.165) is 18.4 Å². The number of aromatic nitrogens is 1. The third-order valence-corrected chi connectivity index (χ3v) is 4.15. The zero-order valence-electron chi connectivity index (χ0n) is 13.6. The van der Waals surface area contributed by atoms with Gasteiger partial charge in [-0.3, -0.25) is 4.79 Å². The Morgan fingerprint density at radius 2 is 2.22 bits per heavy atom. The van der Waals surface area contributed by atoms with E-state index in [1.54, 1.807) is 20.1 Å². The number of methoxy groups -OCH3 is 1. The van der Waals surface area contributed by atoms with Gasteiger partial charge < -0.3 is 10.1 Å². The first kappa shape index (κ1) is 17.2. The fraction of sp³-hybridized carbons (Fsp3) is 0.444. The van der Waals surface area contributed by atoms with Gasteiger partial charge in [0.25, 0.3) is 0 Å². The lowest BCUT2D eigenvalue weighted by atomic mass is 9.81. The molecule has 4 nitrogen and oxygen atoms in total. The van der Waals surface area contributed by atoms with Crippen LogP contribution in [0.25, 0.3) is 6.08 Å². The summed E-state index contributed by atoms with van der Waals surface area (Å²) in [5.74, 6) is 0.556. The minimum Gasteiger partial charge on any atom is -0.481 e. The van der Waals surface area contributed by atoms with Crippen LogP contribution in [0.3, 0.4) is 0 Å². The summed E-state index contributed by atoms with van der Waals surface area (Å²) in [6.07, 6.45) is 9.61. The molecule has 2 rings (SSSR count).